The van der Waals surface area contributed by atoms with Gasteiger partial charge in [0.05, 0.1) is 4.90 Å². The van der Waals surface area contributed by atoms with E-state index in [9.17, 15) is 13.4 Å². The summed E-state index contributed by atoms with van der Waals surface area (Å²) in [6.07, 6.45) is 8.33. The van der Waals surface area contributed by atoms with Gasteiger partial charge in [0.2, 0.25) is 0 Å². The molecule has 1 saturated carbocycles. The van der Waals surface area contributed by atoms with Crippen LogP contribution in [0.15, 0.2) is 33.5 Å². The third-order valence-electron chi connectivity index (χ3n) is 7.06. The number of amides is 2. The van der Waals surface area contributed by atoms with E-state index in [1.165, 1.54) is 29.7 Å². The molecule has 5 rings (SSSR count). The molecule has 0 bridgehead atoms. The molecule has 1 unspecified atom stereocenters. The summed E-state index contributed by atoms with van der Waals surface area (Å²) in [5.74, 6) is -0.710. The van der Waals surface area contributed by atoms with Crippen LogP contribution in [0.3, 0.4) is 0 Å². The second kappa shape index (κ2) is 8.24. The fourth-order valence-electron chi connectivity index (χ4n) is 4.94. The van der Waals surface area contributed by atoms with Crippen molar-refractivity contribution in [1.29, 1.82) is 0 Å². The van der Waals surface area contributed by atoms with Crippen molar-refractivity contribution in [3.63, 3.8) is 0 Å². The molecule has 2 amide bonds. The number of nitrogens with one attached hydrogen (secondary N) is 2. The molecule has 0 aromatic heterocycles. The van der Waals surface area contributed by atoms with Crippen molar-refractivity contribution in [2.45, 2.75) is 75.3 Å². The maximum Gasteiger partial charge on any atom is 0.354 e. The van der Waals surface area contributed by atoms with Gasteiger partial charge in [-0.2, -0.15) is 0 Å². The number of anilines is 1. The molecule has 3 aliphatic rings. The van der Waals surface area contributed by atoms with E-state index in [4.69, 9.17) is 5.14 Å². The minimum absolute atomic E-state index is 0.0313. The molecule has 0 heterocycles. The molecule has 2 atom stereocenters. The molecule has 8 heteroatoms. The average Bonchev–Trinajstić information content (AvgIpc) is 3.14. The number of carbonyl (C=O) groups is 1. The Morgan fingerprint density at radius 3 is 2.53 bits per heavy atom. The first-order valence-corrected chi connectivity index (χ1v) is 13.0. The number of benzene rings is 2. The smallest absolute Gasteiger partial charge is 0.307 e. The molecule has 2 aromatic rings. The first-order valence-electron chi connectivity index (χ1n) is 11.4. The Morgan fingerprint density at radius 1 is 1.12 bits per heavy atom. The van der Waals surface area contributed by atoms with Gasteiger partial charge in [-0.05, 0) is 91.8 Å². The first-order chi connectivity index (χ1) is 15.3. The number of carbonyl (C=O) groups excluding carboxylic acids is 1. The quantitative estimate of drug-likeness (QED) is 0.616. The maximum absolute atomic E-state index is 14.8. The highest BCUT2D eigenvalue weighted by Crippen LogP contribution is 2.39. The van der Waals surface area contributed by atoms with Gasteiger partial charge in [-0.25, -0.2) is 18.5 Å². The molecule has 4 N–H and O–H groups in total. The van der Waals surface area contributed by atoms with Crippen molar-refractivity contribution in [3.8, 4) is 0 Å². The fraction of sp³-hybridized carbons (Fsp3) is 0.458. The SMILES string of the molecule is CC(NC1CCC1)c1ccc([S@](N)(=O)=NC(=O)Nc2c3c(cc4c2CC4)CCC3)c(F)c1. The van der Waals surface area contributed by atoms with E-state index in [2.05, 4.69) is 21.1 Å². The largest absolute Gasteiger partial charge is 0.354 e. The Hall–Kier alpha value is -2.29. The van der Waals surface area contributed by atoms with Crippen LogP contribution in [0.2, 0.25) is 0 Å². The third kappa shape index (κ3) is 3.95. The molecule has 0 radical (unpaired) electrons. The monoisotopic (exact) mass is 456 g/mol. The predicted molar refractivity (Wildman–Crippen MR) is 124 cm³/mol. The normalized spacial score (nSPS) is 19.7. The molecule has 0 aliphatic heterocycles. The van der Waals surface area contributed by atoms with Crippen LogP contribution < -0.4 is 15.8 Å². The van der Waals surface area contributed by atoms with Gasteiger partial charge in [0, 0.05) is 17.8 Å². The Kier molecular flexibility index (Phi) is 5.55. The van der Waals surface area contributed by atoms with Crippen LogP contribution in [-0.4, -0.2) is 16.3 Å². The lowest BCUT2D eigenvalue weighted by atomic mass is 9.83. The Balaban J connectivity index is 1.37. The zero-order chi connectivity index (χ0) is 22.5. The first kappa shape index (κ1) is 21.6. The summed E-state index contributed by atoms with van der Waals surface area (Å²) >= 11 is 0. The lowest BCUT2D eigenvalue weighted by molar-refractivity contribution is 0.260. The molecule has 32 heavy (non-hydrogen) atoms. The van der Waals surface area contributed by atoms with Gasteiger partial charge in [0.25, 0.3) is 0 Å². The maximum atomic E-state index is 14.8. The standard InChI is InChI=1S/C24H29FN4O2S/c1-14(27-18-5-3-6-18)15-9-11-22(21(25)13-15)32(26,31)29-24(30)28-23-19-7-2-4-16(19)12-17-8-10-20(17)23/h9,11-14,18,27H,2-8,10H2,1H3,(H3,26,28,29,30,31)/t14?,32-/m1/s1. The highest BCUT2D eigenvalue weighted by molar-refractivity contribution is 7.91. The second-order valence-corrected chi connectivity index (χ2v) is 10.9. The van der Waals surface area contributed by atoms with Crippen molar-refractivity contribution < 1.29 is 13.4 Å². The number of urea groups is 1. The molecular weight excluding hydrogens is 427 g/mol. The van der Waals surface area contributed by atoms with Gasteiger partial charge >= 0.3 is 6.03 Å². The second-order valence-electron chi connectivity index (χ2n) is 9.18. The number of aryl methyl sites for hydroxylation is 2. The molecule has 170 valence electrons. The van der Waals surface area contributed by atoms with Crippen LogP contribution >= 0.6 is 0 Å². The van der Waals surface area contributed by atoms with Gasteiger partial charge < -0.3 is 10.6 Å². The van der Waals surface area contributed by atoms with Gasteiger partial charge in [0.1, 0.15) is 15.7 Å². The van der Waals surface area contributed by atoms with Gasteiger partial charge in [-0.15, -0.1) is 4.36 Å². The van der Waals surface area contributed by atoms with Crippen molar-refractivity contribution >= 4 is 21.6 Å². The predicted octanol–water partition coefficient (Wildman–Crippen LogP) is 4.55. The fourth-order valence-corrected chi connectivity index (χ4v) is 5.94. The number of halogens is 1. The average molecular weight is 457 g/mol. The molecular formula is C24H29FN4O2S. The number of hydrogen-bond donors (Lipinski definition) is 3. The van der Waals surface area contributed by atoms with E-state index >= 15 is 0 Å². The number of hydrogen-bond acceptors (Lipinski definition) is 3. The van der Waals surface area contributed by atoms with E-state index in [-0.39, 0.29) is 10.9 Å². The van der Waals surface area contributed by atoms with Crippen LogP contribution in [0.5, 0.6) is 0 Å². The zero-order valence-electron chi connectivity index (χ0n) is 18.2. The number of nitrogens with zero attached hydrogens (tertiary/aromatic N) is 1. The summed E-state index contributed by atoms with van der Waals surface area (Å²) in [7, 11) is -3.72. The zero-order valence-corrected chi connectivity index (χ0v) is 19.1. The molecule has 3 aliphatic carbocycles. The summed E-state index contributed by atoms with van der Waals surface area (Å²) in [5, 5.41) is 12.1. The minimum atomic E-state index is -3.72. The molecule has 2 aromatic carbocycles. The summed E-state index contributed by atoms with van der Waals surface area (Å²) < 4.78 is 31.6. The summed E-state index contributed by atoms with van der Waals surface area (Å²) in [6, 6.07) is 6.28. The lowest BCUT2D eigenvalue weighted by Gasteiger charge is -2.30. The van der Waals surface area contributed by atoms with E-state index in [0.29, 0.717) is 6.04 Å². The Morgan fingerprint density at radius 2 is 1.88 bits per heavy atom. The lowest BCUT2D eigenvalue weighted by Crippen LogP contribution is -2.36. The van der Waals surface area contributed by atoms with Crippen molar-refractivity contribution in [2.24, 2.45) is 9.50 Å². The topological polar surface area (TPSA) is 96.6 Å². The van der Waals surface area contributed by atoms with Crippen LogP contribution in [0.25, 0.3) is 0 Å². The minimum Gasteiger partial charge on any atom is -0.307 e. The Labute approximate surface area is 188 Å². The molecule has 6 nitrogen and oxygen atoms in total. The van der Waals surface area contributed by atoms with Crippen molar-refractivity contribution in [1.82, 2.24) is 5.32 Å². The van der Waals surface area contributed by atoms with Gasteiger partial charge in [-0.3, -0.25) is 0 Å². The summed E-state index contributed by atoms with van der Waals surface area (Å²) in [5.41, 5.74) is 6.31. The van der Waals surface area contributed by atoms with Crippen molar-refractivity contribution in [2.75, 3.05) is 5.32 Å². The van der Waals surface area contributed by atoms with E-state index in [1.807, 2.05) is 6.92 Å². The molecule has 0 spiro atoms. The van der Waals surface area contributed by atoms with Gasteiger partial charge in [0.15, 0.2) is 0 Å². The summed E-state index contributed by atoms with van der Waals surface area (Å²) in [4.78, 5) is 12.4. The van der Waals surface area contributed by atoms with Crippen LogP contribution in [0.4, 0.5) is 14.9 Å². The van der Waals surface area contributed by atoms with E-state index in [0.717, 1.165) is 67.3 Å². The number of rotatable bonds is 5. The van der Waals surface area contributed by atoms with Gasteiger partial charge in [-0.1, -0.05) is 18.6 Å². The highest BCUT2D eigenvalue weighted by Gasteiger charge is 2.27. The van der Waals surface area contributed by atoms with Crippen molar-refractivity contribution in [3.05, 3.63) is 57.9 Å². The van der Waals surface area contributed by atoms with E-state index in [1.54, 1.807) is 6.07 Å². The summed E-state index contributed by atoms with van der Waals surface area (Å²) in [6.45, 7) is 1.97. The Bertz CT molecular complexity index is 1210. The molecule has 0 saturated heterocycles. The van der Waals surface area contributed by atoms with E-state index < -0.39 is 21.8 Å². The number of fused-ring (bicyclic) bond motifs is 2. The highest BCUT2D eigenvalue weighted by atomic mass is 32.2. The van der Waals surface area contributed by atoms with Crippen LogP contribution in [0, 0.1) is 5.82 Å². The van der Waals surface area contributed by atoms with Crippen LogP contribution in [0.1, 0.15) is 66.5 Å². The van der Waals surface area contributed by atoms with Crippen LogP contribution in [-0.2, 0) is 35.6 Å². The number of nitrogens with two attached hydrogens (primary N) is 1. The molecule has 1 fully saturated rings. The third-order valence-corrected chi connectivity index (χ3v) is 8.46.